The van der Waals surface area contributed by atoms with Crippen molar-refractivity contribution in [3.63, 3.8) is 0 Å². The lowest BCUT2D eigenvalue weighted by Crippen LogP contribution is -2.14. The fourth-order valence-electron chi connectivity index (χ4n) is 2.02. The summed E-state index contributed by atoms with van der Waals surface area (Å²) in [5, 5.41) is 4.05. The molecule has 0 aliphatic carbocycles. The second kappa shape index (κ2) is 6.80. The molecule has 9 heteroatoms. The van der Waals surface area contributed by atoms with E-state index in [4.69, 9.17) is 9.47 Å². The van der Waals surface area contributed by atoms with Crippen molar-refractivity contribution >= 4 is 37.8 Å². The molecule has 0 aliphatic rings. The maximum atomic E-state index is 12.7. The van der Waals surface area contributed by atoms with Crippen LogP contribution >= 0.6 is 22.7 Å². The molecule has 6 nitrogen and oxygen atoms in total. The van der Waals surface area contributed by atoms with Crippen molar-refractivity contribution in [3.05, 3.63) is 41.1 Å². The molecule has 0 radical (unpaired) electrons. The number of thiazole rings is 1. The number of nitrogens with zero attached hydrogens (tertiary/aromatic N) is 1. The Morgan fingerprint density at radius 3 is 2.62 bits per heavy atom. The van der Waals surface area contributed by atoms with Gasteiger partial charge in [-0.1, -0.05) is 6.07 Å². The van der Waals surface area contributed by atoms with Crippen molar-refractivity contribution < 1.29 is 17.9 Å². The molecular weight excluding hydrogens is 368 g/mol. The molecule has 0 spiro atoms. The van der Waals surface area contributed by atoms with Crippen LogP contribution in [0.3, 0.4) is 0 Å². The Labute approximate surface area is 147 Å². The third-order valence-corrected chi connectivity index (χ3v) is 6.30. The van der Waals surface area contributed by atoms with Crippen molar-refractivity contribution in [2.24, 2.45) is 0 Å². The zero-order valence-corrected chi connectivity index (χ0v) is 15.3. The van der Waals surface area contributed by atoms with Crippen molar-refractivity contribution in [1.29, 1.82) is 0 Å². The van der Waals surface area contributed by atoms with Gasteiger partial charge in [0.2, 0.25) is 0 Å². The lowest BCUT2D eigenvalue weighted by atomic mass is 10.3. The van der Waals surface area contributed by atoms with E-state index in [1.54, 1.807) is 23.5 Å². The van der Waals surface area contributed by atoms with Crippen LogP contribution < -0.4 is 14.2 Å². The summed E-state index contributed by atoms with van der Waals surface area (Å²) in [6.45, 7) is 0. The van der Waals surface area contributed by atoms with Crippen LogP contribution in [-0.4, -0.2) is 27.6 Å². The summed E-state index contributed by atoms with van der Waals surface area (Å²) < 4.78 is 38.1. The standard InChI is InChI=1S/C15H14N2O4S3/c1-20-10-5-6-12(21-2)14(8-10)24(18,19)17-15-16-11(9-23-15)13-4-3-7-22-13/h3-9H,1-2H3,(H,16,17). The van der Waals surface area contributed by atoms with E-state index in [1.807, 2.05) is 22.9 Å². The first-order valence-corrected chi connectivity index (χ1v) is 10.0. The molecule has 0 saturated carbocycles. The van der Waals surface area contributed by atoms with Gasteiger partial charge in [0.15, 0.2) is 5.13 Å². The molecule has 3 rings (SSSR count). The average molecular weight is 382 g/mol. The number of anilines is 1. The van der Waals surface area contributed by atoms with Crippen molar-refractivity contribution in [2.75, 3.05) is 18.9 Å². The quantitative estimate of drug-likeness (QED) is 0.703. The fourth-order valence-corrected chi connectivity index (χ4v) is 4.93. The Morgan fingerprint density at radius 1 is 1.12 bits per heavy atom. The first-order valence-electron chi connectivity index (χ1n) is 6.78. The highest BCUT2D eigenvalue weighted by atomic mass is 32.2. The van der Waals surface area contributed by atoms with Crippen LogP contribution in [0.25, 0.3) is 10.6 Å². The van der Waals surface area contributed by atoms with Gasteiger partial charge < -0.3 is 9.47 Å². The van der Waals surface area contributed by atoms with Crippen LogP contribution in [0.4, 0.5) is 5.13 Å². The van der Waals surface area contributed by atoms with E-state index in [1.165, 1.54) is 31.6 Å². The topological polar surface area (TPSA) is 77.5 Å². The second-order valence-electron chi connectivity index (χ2n) is 4.64. The largest absolute Gasteiger partial charge is 0.497 e. The Balaban J connectivity index is 1.92. The van der Waals surface area contributed by atoms with Gasteiger partial charge in [-0.25, -0.2) is 13.4 Å². The first-order chi connectivity index (χ1) is 11.5. The molecule has 0 amide bonds. The van der Waals surface area contributed by atoms with Crippen molar-refractivity contribution in [2.45, 2.75) is 4.90 Å². The predicted octanol–water partition coefficient (Wildman–Crippen LogP) is 3.69. The third-order valence-electron chi connectivity index (χ3n) is 3.16. The highest BCUT2D eigenvalue weighted by Crippen LogP contribution is 2.32. The third kappa shape index (κ3) is 3.37. The Morgan fingerprint density at radius 2 is 1.96 bits per heavy atom. The number of ether oxygens (including phenoxy) is 2. The number of thiophene rings is 1. The summed E-state index contributed by atoms with van der Waals surface area (Å²) in [5.41, 5.74) is 0.741. The number of methoxy groups -OCH3 is 2. The van der Waals surface area contributed by atoms with Crippen LogP contribution in [0, 0.1) is 0 Å². The van der Waals surface area contributed by atoms with E-state index < -0.39 is 10.0 Å². The number of benzene rings is 1. The molecule has 0 saturated heterocycles. The normalized spacial score (nSPS) is 11.2. The fraction of sp³-hybridized carbons (Fsp3) is 0.133. The zero-order valence-electron chi connectivity index (χ0n) is 12.8. The molecule has 3 aromatic rings. The molecule has 0 atom stereocenters. The van der Waals surface area contributed by atoms with Gasteiger partial charge >= 0.3 is 0 Å². The Kier molecular flexibility index (Phi) is 4.74. The number of sulfonamides is 1. The molecule has 1 N–H and O–H groups in total. The highest BCUT2D eigenvalue weighted by molar-refractivity contribution is 7.93. The maximum absolute atomic E-state index is 12.7. The summed E-state index contributed by atoms with van der Waals surface area (Å²) in [6.07, 6.45) is 0. The van der Waals surface area contributed by atoms with Gasteiger partial charge in [0.25, 0.3) is 10.0 Å². The van der Waals surface area contributed by atoms with Gasteiger partial charge in [-0.15, -0.1) is 22.7 Å². The molecule has 0 fully saturated rings. The van der Waals surface area contributed by atoms with Crippen molar-refractivity contribution in [3.8, 4) is 22.1 Å². The lowest BCUT2D eigenvalue weighted by molar-refractivity contribution is 0.392. The predicted molar refractivity (Wildman–Crippen MR) is 95.8 cm³/mol. The van der Waals surface area contributed by atoms with Gasteiger partial charge in [0.05, 0.1) is 24.8 Å². The number of rotatable bonds is 6. The van der Waals surface area contributed by atoms with Crippen LogP contribution in [0.5, 0.6) is 11.5 Å². The van der Waals surface area contributed by atoms with Gasteiger partial charge in [0, 0.05) is 11.4 Å². The van der Waals surface area contributed by atoms with E-state index in [-0.39, 0.29) is 10.6 Å². The minimum Gasteiger partial charge on any atom is -0.497 e. The van der Waals surface area contributed by atoms with Crippen LogP contribution in [-0.2, 0) is 10.0 Å². The molecule has 24 heavy (non-hydrogen) atoms. The monoisotopic (exact) mass is 382 g/mol. The molecular formula is C15H14N2O4S3. The minimum atomic E-state index is -3.85. The van der Waals surface area contributed by atoms with Gasteiger partial charge in [-0.2, -0.15) is 0 Å². The molecule has 1 aromatic carbocycles. The van der Waals surface area contributed by atoms with Gasteiger partial charge in [-0.05, 0) is 23.6 Å². The summed E-state index contributed by atoms with van der Waals surface area (Å²) in [5.74, 6) is 0.660. The van der Waals surface area contributed by atoms with Crippen LogP contribution in [0.15, 0.2) is 46.0 Å². The Hall–Kier alpha value is -2.10. The molecule has 126 valence electrons. The van der Waals surface area contributed by atoms with Gasteiger partial charge in [0.1, 0.15) is 16.4 Å². The summed E-state index contributed by atoms with van der Waals surface area (Å²) in [4.78, 5) is 5.31. The minimum absolute atomic E-state index is 0.00257. The van der Waals surface area contributed by atoms with Gasteiger partial charge in [-0.3, -0.25) is 4.72 Å². The van der Waals surface area contributed by atoms with Crippen LogP contribution in [0.1, 0.15) is 0 Å². The van der Waals surface area contributed by atoms with E-state index in [0.29, 0.717) is 10.9 Å². The van der Waals surface area contributed by atoms with E-state index >= 15 is 0 Å². The second-order valence-corrected chi connectivity index (χ2v) is 8.09. The highest BCUT2D eigenvalue weighted by Gasteiger charge is 2.22. The smallest absolute Gasteiger partial charge is 0.267 e. The number of nitrogens with one attached hydrogen (secondary N) is 1. The summed E-state index contributed by atoms with van der Waals surface area (Å²) in [7, 11) is -0.960. The summed E-state index contributed by atoms with van der Waals surface area (Å²) >= 11 is 2.77. The number of aromatic nitrogens is 1. The molecule has 0 unspecified atom stereocenters. The van der Waals surface area contributed by atoms with Crippen LogP contribution in [0.2, 0.25) is 0 Å². The van der Waals surface area contributed by atoms with E-state index in [0.717, 1.165) is 10.6 Å². The zero-order chi connectivity index (χ0) is 17.2. The van der Waals surface area contributed by atoms with E-state index in [2.05, 4.69) is 9.71 Å². The Bertz CT molecular complexity index is 934. The van der Waals surface area contributed by atoms with E-state index in [9.17, 15) is 8.42 Å². The number of hydrogen-bond donors (Lipinski definition) is 1. The van der Waals surface area contributed by atoms with Crippen molar-refractivity contribution in [1.82, 2.24) is 4.98 Å². The summed E-state index contributed by atoms with van der Waals surface area (Å²) in [6, 6.07) is 8.45. The molecule has 0 bridgehead atoms. The first kappa shape index (κ1) is 16.7. The average Bonchev–Trinajstić information content (AvgIpc) is 3.25. The lowest BCUT2D eigenvalue weighted by Gasteiger charge is -2.11. The number of hydrogen-bond acceptors (Lipinski definition) is 7. The SMILES string of the molecule is COc1ccc(OC)c(S(=O)(=O)Nc2nc(-c3cccs3)cs2)c1. The molecule has 2 heterocycles. The molecule has 2 aromatic heterocycles. The maximum Gasteiger partial charge on any atom is 0.267 e. The molecule has 0 aliphatic heterocycles.